The number of nitrogens with two attached hydrogens (primary N) is 1. The van der Waals surface area contributed by atoms with Crippen molar-refractivity contribution >= 4 is 11.6 Å². The lowest BCUT2D eigenvalue weighted by molar-refractivity contribution is -0.117. The van der Waals surface area contributed by atoms with Crippen molar-refractivity contribution in [3.8, 4) is 5.75 Å². The normalized spacial score (nSPS) is 22.7. The lowest BCUT2D eigenvalue weighted by Gasteiger charge is -2.06. The Morgan fingerprint density at radius 1 is 1.62 bits per heavy atom. The zero-order chi connectivity index (χ0) is 11.7. The van der Waals surface area contributed by atoms with Crippen LogP contribution in [0.15, 0.2) is 18.2 Å². The molecule has 2 unspecified atom stereocenters. The third kappa shape index (κ3) is 2.14. The summed E-state index contributed by atoms with van der Waals surface area (Å²) in [6.45, 7) is 0. The highest BCUT2D eigenvalue weighted by molar-refractivity contribution is 5.94. The molecule has 1 aliphatic carbocycles. The predicted molar refractivity (Wildman–Crippen MR) is 57.7 cm³/mol. The van der Waals surface area contributed by atoms with E-state index >= 15 is 0 Å². The van der Waals surface area contributed by atoms with Gasteiger partial charge in [-0.3, -0.25) is 4.79 Å². The Morgan fingerprint density at radius 2 is 2.31 bits per heavy atom. The molecule has 0 aliphatic heterocycles. The Hall–Kier alpha value is -1.62. The molecule has 2 rings (SSSR count). The van der Waals surface area contributed by atoms with E-state index in [0.29, 0.717) is 12.1 Å². The summed E-state index contributed by atoms with van der Waals surface area (Å²) in [4.78, 5) is 11.5. The minimum absolute atomic E-state index is 0.0527. The third-order valence-corrected chi connectivity index (χ3v) is 2.60. The minimum atomic E-state index is -0.500. The average Bonchev–Trinajstić information content (AvgIpc) is 2.96. The van der Waals surface area contributed by atoms with Crippen LogP contribution in [0.25, 0.3) is 0 Å². The van der Waals surface area contributed by atoms with E-state index in [4.69, 9.17) is 10.5 Å². The summed E-state index contributed by atoms with van der Waals surface area (Å²) in [6, 6.07) is 4.24. The van der Waals surface area contributed by atoms with Crippen LogP contribution in [0.5, 0.6) is 5.75 Å². The maximum absolute atomic E-state index is 13.3. The van der Waals surface area contributed by atoms with Crippen molar-refractivity contribution in [2.45, 2.75) is 12.5 Å². The number of halogens is 1. The maximum Gasteiger partial charge on any atom is 0.229 e. The Kier molecular flexibility index (Phi) is 2.78. The van der Waals surface area contributed by atoms with Crippen molar-refractivity contribution in [2.24, 2.45) is 11.7 Å². The fourth-order valence-corrected chi connectivity index (χ4v) is 1.50. The highest BCUT2D eigenvalue weighted by atomic mass is 19.1. The Labute approximate surface area is 92.6 Å². The smallest absolute Gasteiger partial charge is 0.229 e. The number of hydrogen-bond acceptors (Lipinski definition) is 3. The van der Waals surface area contributed by atoms with E-state index in [0.717, 1.165) is 0 Å². The van der Waals surface area contributed by atoms with Gasteiger partial charge in [-0.05, 0) is 18.6 Å². The number of carbonyl (C=O) groups excluding carboxylic acids is 1. The molecule has 1 saturated carbocycles. The van der Waals surface area contributed by atoms with E-state index < -0.39 is 5.82 Å². The number of amides is 1. The molecule has 86 valence electrons. The van der Waals surface area contributed by atoms with Crippen molar-refractivity contribution < 1.29 is 13.9 Å². The van der Waals surface area contributed by atoms with Gasteiger partial charge in [0.25, 0.3) is 0 Å². The molecule has 1 aliphatic rings. The molecule has 0 spiro atoms. The number of nitrogens with one attached hydrogen (secondary N) is 1. The summed E-state index contributed by atoms with van der Waals surface area (Å²) >= 11 is 0. The predicted octanol–water partition coefficient (Wildman–Crippen LogP) is 1.12. The summed E-state index contributed by atoms with van der Waals surface area (Å²) in [5.74, 6) is -0.635. The van der Waals surface area contributed by atoms with Crippen molar-refractivity contribution in [1.82, 2.24) is 0 Å². The summed E-state index contributed by atoms with van der Waals surface area (Å²) < 4.78 is 18.1. The van der Waals surface area contributed by atoms with Gasteiger partial charge in [0.1, 0.15) is 0 Å². The molecule has 0 saturated heterocycles. The molecule has 1 fully saturated rings. The minimum Gasteiger partial charge on any atom is -0.494 e. The first-order valence-corrected chi connectivity index (χ1v) is 5.02. The van der Waals surface area contributed by atoms with Crippen LogP contribution < -0.4 is 15.8 Å². The van der Waals surface area contributed by atoms with Gasteiger partial charge in [0.05, 0.1) is 13.0 Å². The van der Waals surface area contributed by atoms with E-state index in [1.807, 2.05) is 0 Å². The van der Waals surface area contributed by atoms with Crippen LogP contribution in [0, 0.1) is 11.7 Å². The monoisotopic (exact) mass is 224 g/mol. The third-order valence-electron chi connectivity index (χ3n) is 2.60. The van der Waals surface area contributed by atoms with Crippen molar-refractivity contribution in [3.63, 3.8) is 0 Å². The van der Waals surface area contributed by atoms with Gasteiger partial charge in [-0.25, -0.2) is 4.39 Å². The molecule has 0 radical (unpaired) electrons. The molecule has 2 atom stereocenters. The largest absolute Gasteiger partial charge is 0.494 e. The first kappa shape index (κ1) is 10.9. The number of hydrogen-bond donors (Lipinski definition) is 2. The molecule has 5 heteroatoms. The number of anilines is 1. The van der Waals surface area contributed by atoms with E-state index in [9.17, 15) is 9.18 Å². The molecule has 0 heterocycles. The molecule has 0 bridgehead atoms. The zero-order valence-corrected chi connectivity index (χ0v) is 8.87. The summed E-state index contributed by atoms with van der Waals surface area (Å²) in [7, 11) is 1.39. The first-order valence-electron chi connectivity index (χ1n) is 5.02. The van der Waals surface area contributed by atoms with Gasteiger partial charge in [0.15, 0.2) is 11.6 Å². The summed E-state index contributed by atoms with van der Waals surface area (Å²) in [5, 5.41) is 2.61. The molecule has 1 aromatic carbocycles. The van der Waals surface area contributed by atoms with Crippen molar-refractivity contribution in [3.05, 3.63) is 24.0 Å². The molecule has 16 heavy (non-hydrogen) atoms. The Bertz CT molecular complexity index is 422. The van der Waals surface area contributed by atoms with Crippen LogP contribution in [0.2, 0.25) is 0 Å². The zero-order valence-electron chi connectivity index (χ0n) is 8.87. The standard InChI is InChI=1S/C11H13FN2O2/c1-16-10-3-2-6(4-8(10)12)14-11(15)7-5-9(7)13/h2-4,7,9H,5,13H2,1H3,(H,14,15). The lowest BCUT2D eigenvalue weighted by atomic mass is 10.2. The fraction of sp³-hybridized carbons (Fsp3) is 0.364. The topological polar surface area (TPSA) is 64.3 Å². The molecule has 1 aromatic rings. The molecule has 3 N–H and O–H groups in total. The first-order chi connectivity index (χ1) is 7.61. The number of benzene rings is 1. The number of rotatable bonds is 3. The lowest BCUT2D eigenvalue weighted by Crippen LogP contribution is -2.18. The molecule has 1 amide bonds. The van der Waals surface area contributed by atoms with Gasteiger partial charge >= 0.3 is 0 Å². The summed E-state index contributed by atoms with van der Waals surface area (Å²) in [5.41, 5.74) is 5.96. The fourth-order valence-electron chi connectivity index (χ4n) is 1.50. The van der Waals surface area contributed by atoms with Crippen LogP contribution >= 0.6 is 0 Å². The van der Waals surface area contributed by atoms with E-state index in [1.54, 1.807) is 6.07 Å². The SMILES string of the molecule is COc1ccc(NC(=O)C2CC2N)cc1F. The van der Waals surface area contributed by atoms with Gasteiger partial charge in [0.2, 0.25) is 5.91 Å². The Morgan fingerprint density at radius 3 is 2.81 bits per heavy atom. The molecule has 0 aromatic heterocycles. The van der Waals surface area contributed by atoms with E-state index in [1.165, 1.54) is 19.2 Å². The van der Waals surface area contributed by atoms with Crippen LogP contribution in [-0.4, -0.2) is 19.1 Å². The van der Waals surface area contributed by atoms with Crippen LogP contribution in [0.1, 0.15) is 6.42 Å². The van der Waals surface area contributed by atoms with Gasteiger partial charge in [-0.1, -0.05) is 0 Å². The van der Waals surface area contributed by atoms with Crippen LogP contribution in [0.3, 0.4) is 0 Å². The van der Waals surface area contributed by atoms with E-state index in [2.05, 4.69) is 5.32 Å². The summed E-state index contributed by atoms with van der Waals surface area (Å²) in [6.07, 6.45) is 0.699. The van der Waals surface area contributed by atoms with Gasteiger partial charge in [0, 0.05) is 17.8 Å². The van der Waals surface area contributed by atoms with Gasteiger partial charge in [-0.15, -0.1) is 0 Å². The average molecular weight is 224 g/mol. The van der Waals surface area contributed by atoms with Crippen molar-refractivity contribution in [1.29, 1.82) is 0 Å². The van der Waals surface area contributed by atoms with E-state index in [-0.39, 0.29) is 23.6 Å². The quantitative estimate of drug-likeness (QED) is 0.808. The van der Waals surface area contributed by atoms with Crippen LogP contribution in [0.4, 0.5) is 10.1 Å². The number of ether oxygens (including phenoxy) is 1. The highest BCUT2D eigenvalue weighted by Gasteiger charge is 2.39. The molecule has 4 nitrogen and oxygen atoms in total. The number of carbonyl (C=O) groups is 1. The van der Waals surface area contributed by atoms with Gasteiger partial charge in [-0.2, -0.15) is 0 Å². The van der Waals surface area contributed by atoms with Crippen LogP contribution in [-0.2, 0) is 4.79 Å². The number of methoxy groups -OCH3 is 1. The maximum atomic E-state index is 13.3. The second kappa shape index (κ2) is 4.09. The second-order valence-electron chi connectivity index (χ2n) is 3.84. The molecular formula is C11H13FN2O2. The van der Waals surface area contributed by atoms with Gasteiger partial charge < -0.3 is 15.8 Å². The second-order valence-corrected chi connectivity index (χ2v) is 3.84. The highest BCUT2D eigenvalue weighted by Crippen LogP contribution is 2.29. The molecular weight excluding hydrogens is 211 g/mol. The van der Waals surface area contributed by atoms with Crippen molar-refractivity contribution in [2.75, 3.05) is 12.4 Å². The Balaban J connectivity index is 2.04.